The van der Waals surface area contributed by atoms with Gasteiger partial charge in [-0.3, -0.25) is 4.57 Å². The third kappa shape index (κ3) is 3.07. The molecule has 0 radical (unpaired) electrons. The van der Waals surface area contributed by atoms with E-state index in [4.69, 9.17) is 4.74 Å². The minimum Gasteiger partial charge on any atom is -0.483 e. The Morgan fingerprint density at radius 3 is 2.55 bits per heavy atom. The Kier molecular flexibility index (Phi) is 3.87. The van der Waals surface area contributed by atoms with Crippen LogP contribution in [0.5, 0.6) is 5.75 Å². The lowest BCUT2D eigenvalue weighted by Gasteiger charge is -2.22. The second kappa shape index (κ2) is 6.48. The molecule has 1 aromatic heterocycles. The summed E-state index contributed by atoms with van der Waals surface area (Å²) in [5.41, 5.74) is 0. The molecule has 5 nitrogen and oxygen atoms in total. The number of anilines is 1. The predicted octanol–water partition coefficient (Wildman–Crippen LogP) is 4.68. The topological polar surface area (TPSA) is 43.2 Å². The van der Waals surface area contributed by atoms with Crippen LogP contribution in [0.1, 0.15) is 38.6 Å². The first kappa shape index (κ1) is 17.3. The van der Waals surface area contributed by atoms with Gasteiger partial charge in [0.25, 0.3) is 0 Å². The average molecular weight is 389 g/mol. The molecule has 1 saturated heterocycles. The van der Waals surface area contributed by atoms with E-state index >= 15 is 0 Å². The van der Waals surface area contributed by atoms with Crippen LogP contribution >= 0.6 is 0 Å². The summed E-state index contributed by atoms with van der Waals surface area (Å²) in [7, 11) is 0. The van der Waals surface area contributed by atoms with Gasteiger partial charge in [0.05, 0.1) is 0 Å². The Labute approximate surface area is 171 Å². The number of nitrogens with zero attached hydrogens (tertiary/aromatic N) is 4. The summed E-state index contributed by atoms with van der Waals surface area (Å²) in [6.45, 7) is 7.76. The van der Waals surface area contributed by atoms with Gasteiger partial charge in [-0.05, 0) is 66.3 Å². The molecule has 29 heavy (non-hydrogen) atoms. The summed E-state index contributed by atoms with van der Waals surface area (Å²) in [4.78, 5) is 2.46. The van der Waals surface area contributed by atoms with Crippen molar-refractivity contribution < 1.29 is 4.74 Å². The van der Waals surface area contributed by atoms with Crippen molar-refractivity contribution in [3.8, 4) is 5.75 Å². The Morgan fingerprint density at radius 2 is 1.79 bits per heavy atom. The zero-order chi connectivity index (χ0) is 19.5. The predicted molar refractivity (Wildman–Crippen MR) is 114 cm³/mol. The Bertz CT molecular complexity index is 1040. The lowest BCUT2D eigenvalue weighted by Crippen LogP contribution is -2.28. The molecule has 4 atom stereocenters. The van der Waals surface area contributed by atoms with E-state index in [9.17, 15) is 0 Å². The van der Waals surface area contributed by atoms with Gasteiger partial charge in [0, 0.05) is 19.6 Å². The second-order valence-electron chi connectivity index (χ2n) is 9.27. The molecule has 0 amide bonds. The molecular formula is C24H28N4O. The summed E-state index contributed by atoms with van der Waals surface area (Å²) in [6, 6.07) is 14.7. The van der Waals surface area contributed by atoms with Crippen molar-refractivity contribution in [1.29, 1.82) is 0 Å². The third-order valence-electron chi connectivity index (χ3n) is 7.20. The maximum atomic E-state index is 6.33. The lowest BCUT2D eigenvalue weighted by molar-refractivity contribution is 0.210. The van der Waals surface area contributed by atoms with Crippen molar-refractivity contribution in [3.63, 3.8) is 0 Å². The number of hydrogen-bond donors (Lipinski definition) is 0. The maximum absolute atomic E-state index is 6.33. The molecule has 1 aliphatic heterocycles. The molecule has 6 rings (SSSR count). The van der Waals surface area contributed by atoms with Crippen LogP contribution in [-0.2, 0) is 6.54 Å². The van der Waals surface area contributed by atoms with Gasteiger partial charge >= 0.3 is 0 Å². The molecule has 3 aliphatic rings. The van der Waals surface area contributed by atoms with Gasteiger partial charge in [-0.2, -0.15) is 0 Å². The largest absolute Gasteiger partial charge is 0.483 e. The van der Waals surface area contributed by atoms with Crippen LogP contribution in [0.3, 0.4) is 0 Å². The highest BCUT2D eigenvalue weighted by Crippen LogP contribution is 2.52. The summed E-state index contributed by atoms with van der Waals surface area (Å²) < 4.78 is 8.68. The maximum Gasteiger partial charge on any atom is 0.227 e. The summed E-state index contributed by atoms with van der Waals surface area (Å²) in [6.07, 6.45) is 2.51. The normalized spacial score (nSPS) is 26.6. The molecule has 150 valence electrons. The number of benzene rings is 2. The van der Waals surface area contributed by atoms with Crippen LogP contribution in [0.15, 0.2) is 42.5 Å². The van der Waals surface area contributed by atoms with Crippen LogP contribution in [0, 0.1) is 23.7 Å². The van der Waals surface area contributed by atoms with Crippen molar-refractivity contribution in [2.24, 2.45) is 23.7 Å². The highest BCUT2D eigenvalue weighted by atomic mass is 16.5. The Balaban J connectivity index is 1.26. The van der Waals surface area contributed by atoms with E-state index in [2.05, 4.69) is 76.0 Å². The minimum absolute atomic E-state index is 0.132. The molecule has 2 saturated carbocycles. The molecule has 5 heteroatoms. The van der Waals surface area contributed by atoms with E-state index in [0.717, 1.165) is 60.8 Å². The number of rotatable bonds is 6. The van der Waals surface area contributed by atoms with Gasteiger partial charge in [-0.25, -0.2) is 0 Å². The molecule has 3 fully saturated rings. The molecule has 0 spiro atoms. The summed E-state index contributed by atoms with van der Waals surface area (Å²) in [5.74, 6) is 6.27. The minimum atomic E-state index is -0.132. The Morgan fingerprint density at radius 1 is 1.03 bits per heavy atom. The first-order valence-electron chi connectivity index (χ1n) is 11.0. The van der Waals surface area contributed by atoms with E-state index in [1.54, 1.807) is 0 Å². The number of hydrogen-bond acceptors (Lipinski definition) is 4. The van der Waals surface area contributed by atoms with Crippen LogP contribution in [0.4, 0.5) is 5.95 Å². The SMILES string of the molecule is CC(Oc1ccc2ccccc2c1)c1nnc(N2C[C@@H]3C(C)[C@@H]3C2)n1CC1CC1. The van der Waals surface area contributed by atoms with E-state index in [0.29, 0.717) is 0 Å². The Hall–Kier alpha value is -2.56. The van der Waals surface area contributed by atoms with E-state index in [-0.39, 0.29) is 6.10 Å². The van der Waals surface area contributed by atoms with Crippen molar-refractivity contribution in [2.45, 2.75) is 39.3 Å². The third-order valence-corrected chi connectivity index (χ3v) is 7.20. The number of fused-ring (bicyclic) bond motifs is 2. The molecule has 0 bridgehead atoms. The fourth-order valence-corrected chi connectivity index (χ4v) is 5.06. The van der Waals surface area contributed by atoms with E-state index in [1.807, 2.05) is 0 Å². The second-order valence-corrected chi connectivity index (χ2v) is 9.27. The summed E-state index contributed by atoms with van der Waals surface area (Å²) in [5, 5.41) is 11.7. The smallest absolute Gasteiger partial charge is 0.227 e. The molecule has 2 heterocycles. The lowest BCUT2D eigenvalue weighted by atomic mass is 10.1. The van der Waals surface area contributed by atoms with Crippen molar-refractivity contribution in [1.82, 2.24) is 14.8 Å². The monoisotopic (exact) mass is 388 g/mol. The highest BCUT2D eigenvalue weighted by Gasteiger charge is 2.53. The molecular weight excluding hydrogens is 360 g/mol. The molecule has 2 unspecified atom stereocenters. The fourth-order valence-electron chi connectivity index (χ4n) is 5.06. The quantitative estimate of drug-likeness (QED) is 0.615. The zero-order valence-electron chi connectivity index (χ0n) is 17.2. The zero-order valence-corrected chi connectivity index (χ0v) is 17.2. The van der Waals surface area contributed by atoms with Crippen LogP contribution in [0.2, 0.25) is 0 Å². The first-order chi connectivity index (χ1) is 14.2. The highest BCUT2D eigenvalue weighted by molar-refractivity contribution is 5.83. The molecule has 3 aromatic rings. The van der Waals surface area contributed by atoms with Gasteiger partial charge in [-0.15, -0.1) is 10.2 Å². The van der Waals surface area contributed by atoms with Crippen molar-refractivity contribution >= 4 is 16.7 Å². The van der Waals surface area contributed by atoms with Gasteiger partial charge in [0.2, 0.25) is 5.95 Å². The van der Waals surface area contributed by atoms with Crippen molar-refractivity contribution in [3.05, 3.63) is 48.3 Å². The molecule has 2 aliphatic carbocycles. The summed E-state index contributed by atoms with van der Waals surface area (Å²) >= 11 is 0. The van der Waals surface area contributed by atoms with Crippen LogP contribution in [-0.4, -0.2) is 27.9 Å². The van der Waals surface area contributed by atoms with E-state index in [1.165, 1.54) is 23.6 Å². The van der Waals surface area contributed by atoms with Crippen molar-refractivity contribution in [2.75, 3.05) is 18.0 Å². The average Bonchev–Trinajstić information content (AvgIpc) is 3.52. The molecule has 0 N–H and O–H groups in total. The van der Waals surface area contributed by atoms with Gasteiger partial charge in [-0.1, -0.05) is 37.3 Å². The van der Waals surface area contributed by atoms with Crippen LogP contribution in [0.25, 0.3) is 10.8 Å². The van der Waals surface area contributed by atoms with Gasteiger partial charge < -0.3 is 9.64 Å². The first-order valence-corrected chi connectivity index (χ1v) is 11.0. The van der Waals surface area contributed by atoms with E-state index < -0.39 is 0 Å². The standard InChI is InChI=1S/C24H28N4O/c1-15-21-13-27(14-22(15)21)24-26-25-23(28(24)12-17-7-8-17)16(2)29-20-10-9-18-5-3-4-6-19(18)11-20/h3-6,9-11,15-17,21-22H,7-8,12-14H2,1-2H3/t15?,16?,21-,22+. The fraction of sp³-hybridized carbons (Fsp3) is 0.500. The van der Waals surface area contributed by atoms with Gasteiger partial charge in [0.15, 0.2) is 11.9 Å². The number of piperidine rings is 1. The molecule has 2 aromatic carbocycles. The number of aromatic nitrogens is 3. The van der Waals surface area contributed by atoms with Gasteiger partial charge in [0.1, 0.15) is 5.75 Å². The van der Waals surface area contributed by atoms with Crippen LogP contribution < -0.4 is 9.64 Å². The number of ether oxygens (including phenoxy) is 1.